The van der Waals surface area contributed by atoms with Crippen molar-refractivity contribution in [1.82, 2.24) is 19.9 Å². The fourth-order valence-electron chi connectivity index (χ4n) is 6.72. The van der Waals surface area contributed by atoms with E-state index in [1.54, 1.807) is 0 Å². The number of hydrogen-bond acceptors (Lipinski definition) is 4. The van der Waals surface area contributed by atoms with Crippen LogP contribution >= 0.6 is 0 Å². The van der Waals surface area contributed by atoms with E-state index in [4.69, 9.17) is 26.5 Å². The molecule has 232 valence electrons. The van der Waals surface area contributed by atoms with E-state index in [9.17, 15) is 0 Å². The van der Waals surface area contributed by atoms with E-state index in [0.29, 0.717) is 23.2 Å². The standard InChI is InChI=1S/C45H27N5/c1-46-34-24-21-30(22-25-34)42-39-28-38(29-13-5-2-6-14-29)35-19-11-12-20-36(35)41(39)37-26-23-33(27-40(37)47-42)45-49-43(31-15-7-3-8-16-31)48-44(50-45)32-17-9-4-10-18-32/h2-28H. The number of benzene rings is 7. The summed E-state index contributed by atoms with van der Waals surface area (Å²) in [7, 11) is 0. The molecule has 50 heavy (non-hydrogen) atoms. The maximum absolute atomic E-state index is 7.51. The minimum Gasteiger partial charge on any atom is -0.247 e. The van der Waals surface area contributed by atoms with Gasteiger partial charge in [-0.3, -0.25) is 0 Å². The van der Waals surface area contributed by atoms with Gasteiger partial charge in [-0.2, -0.15) is 0 Å². The third kappa shape index (κ3) is 5.13. The van der Waals surface area contributed by atoms with Crippen molar-refractivity contribution < 1.29 is 0 Å². The lowest BCUT2D eigenvalue weighted by atomic mass is 9.89. The largest absolute Gasteiger partial charge is 0.247 e. The van der Waals surface area contributed by atoms with Gasteiger partial charge >= 0.3 is 0 Å². The highest BCUT2D eigenvalue weighted by atomic mass is 15.0. The van der Waals surface area contributed by atoms with Crippen LogP contribution in [-0.4, -0.2) is 19.9 Å². The number of hydrogen-bond donors (Lipinski definition) is 0. The van der Waals surface area contributed by atoms with Crippen LogP contribution in [0.15, 0.2) is 164 Å². The molecule has 5 heteroatoms. The average molecular weight is 638 g/mol. The molecule has 0 aliphatic carbocycles. The van der Waals surface area contributed by atoms with E-state index in [1.807, 2.05) is 91.0 Å². The third-order valence-electron chi connectivity index (χ3n) is 9.11. The lowest BCUT2D eigenvalue weighted by molar-refractivity contribution is 1.07. The van der Waals surface area contributed by atoms with Crippen molar-refractivity contribution in [1.29, 1.82) is 0 Å². The molecule has 0 saturated carbocycles. The van der Waals surface area contributed by atoms with Crippen LogP contribution in [0.4, 0.5) is 5.69 Å². The van der Waals surface area contributed by atoms with Gasteiger partial charge in [0.15, 0.2) is 23.2 Å². The van der Waals surface area contributed by atoms with Crippen molar-refractivity contribution in [2.24, 2.45) is 0 Å². The summed E-state index contributed by atoms with van der Waals surface area (Å²) < 4.78 is 0. The first-order valence-corrected chi connectivity index (χ1v) is 16.4. The summed E-state index contributed by atoms with van der Waals surface area (Å²) in [5.74, 6) is 1.80. The predicted molar refractivity (Wildman–Crippen MR) is 204 cm³/mol. The molecule has 0 unspecified atom stereocenters. The van der Waals surface area contributed by atoms with Crippen LogP contribution in [0, 0.1) is 6.57 Å². The molecule has 0 N–H and O–H groups in total. The number of nitrogens with zero attached hydrogens (tertiary/aromatic N) is 5. The normalized spacial score (nSPS) is 11.2. The van der Waals surface area contributed by atoms with Gasteiger partial charge in [0.1, 0.15) is 0 Å². The van der Waals surface area contributed by atoms with Gasteiger partial charge in [0.05, 0.1) is 17.8 Å². The highest BCUT2D eigenvalue weighted by Gasteiger charge is 2.18. The highest BCUT2D eigenvalue weighted by Crippen LogP contribution is 2.42. The van der Waals surface area contributed by atoms with Gasteiger partial charge in [-0.25, -0.2) is 24.8 Å². The van der Waals surface area contributed by atoms with E-state index in [0.717, 1.165) is 66.1 Å². The van der Waals surface area contributed by atoms with E-state index >= 15 is 0 Å². The van der Waals surface area contributed by atoms with Gasteiger partial charge in [-0.15, -0.1) is 0 Å². The van der Waals surface area contributed by atoms with Gasteiger partial charge in [0.25, 0.3) is 0 Å². The SMILES string of the molecule is [C-]#[N+]c1ccc(-c2nc3cc(-c4nc(-c5ccccc5)nc(-c5ccccc5)n4)ccc3c3c2cc(-c2ccccc2)c2ccccc23)cc1. The second-order valence-electron chi connectivity index (χ2n) is 12.1. The molecular formula is C45H27N5. The van der Waals surface area contributed by atoms with Crippen molar-refractivity contribution in [2.75, 3.05) is 0 Å². The Hall–Kier alpha value is -7.03. The van der Waals surface area contributed by atoms with Crippen molar-refractivity contribution in [2.45, 2.75) is 0 Å². The second kappa shape index (κ2) is 12.2. The van der Waals surface area contributed by atoms with Crippen molar-refractivity contribution in [3.8, 4) is 56.5 Å². The monoisotopic (exact) mass is 637 g/mol. The molecule has 0 atom stereocenters. The lowest BCUT2D eigenvalue weighted by Crippen LogP contribution is -2.00. The minimum atomic E-state index is 0.578. The van der Waals surface area contributed by atoms with E-state index in [2.05, 4.69) is 77.6 Å². The van der Waals surface area contributed by atoms with E-state index in [1.165, 1.54) is 5.39 Å². The zero-order valence-corrected chi connectivity index (χ0v) is 26.8. The highest BCUT2D eigenvalue weighted by molar-refractivity contribution is 6.25. The minimum absolute atomic E-state index is 0.578. The molecule has 0 saturated heterocycles. The number of pyridine rings is 1. The number of aromatic nitrogens is 4. The van der Waals surface area contributed by atoms with Crippen molar-refractivity contribution in [3.05, 3.63) is 175 Å². The summed E-state index contributed by atoms with van der Waals surface area (Å²) in [5, 5.41) is 5.56. The Morgan fingerprint density at radius 2 is 0.900 bits per heavy atom. The van der Waals surface area contributed by atoms with Crippen LogP contribution in [0.5, 0.6) is 0 Å². The third-order valence-corrected chi connectivity index (χ3v) is 9.11. The first kappa shape index (κ1) is 29.1. The van der Waals surface area contributed by atoms with Crippen LogP contribution in [0.1, 0.15) is 0 Å². The first-order chi connectivity index (χ1) is 24.7. The van der Waals surface area contributed by atoms with Crippen LogP contribution in [0.2, 0.25) is 0 Å². The second-order valence-corrected chi connectivity index (χ2v) is 12.1. The molecule has 0 bridgehead atoms. The molecule has 2 heterocycles. The number of fused-ring (bicyclic) bond motifs is 5. The van der Waals surface area contributed by atoms with Crippen LogP contribution in [0.3, 0.4) is 0 Å². The molecule has 0 aliphatic rings. The van der Waals surface area contributed by atoms with Gasteiger partial charge in [0, 0.05) is 32.8 Å². The maximum Gasteiger partial charge on any atom is 0.187 e. The summed E-state index contributed by atoms with van der Waals surface area (Å²) in [6, 6.07) is 55.4. The molecule has 0 radical (unpaired) electrons. The van der Waals surface area contributed by atoms with Gasteiger partial charge in [0.2, 0.25) is 0 Å². The fraction of sp³-hybridized carbons (Fsp3) is 0. The summed E-state index contributed by atoms with van der Waals surface area (Å²) in [6.07, 6.45) is 0. The summed E-state index contributed by atoms with van der Waals surface area (Å²) >= 11 is 0. The molecule has 0 fully saturated rings. The summed E-state index contributed by atoms with van der Waals surface area (Å²) in [4.78, 5) is 23.8. The maximum atomic E-state index is 7.51. The molecule has 9 aromatic rings. The van der Waals surface area contributed by atoms with Crippen LogP contribution in [0.25, 0.3) is 93.8 Å². The Morgan fingerprint density at radius 3 is 1.50 bits per heavy atom. The van der Waals surface area contributed by atoms with Gasteiger partial charge in [-0.05, 0) is 39.6 Å². The molecule has 0 amide bonds. The predicted octanol–water partition coefficient (Wildman–Crippen LogP) is 11.6. The van der Waals surface area contributed by atoms with Crippen molar-refractivity contribution in [3.63, 3.8) is 0 Å². The topological polar surface area (TPSA) is 55.9 Å². The molecular weight excluding hydrogens is 611 g/mol. The Labute approximate surface area is 289 Å². The zero-order chi connectivity index (χ0) is 33.4. The molecule has 7 aromatic carbocycles. The van der Waals surface area contributed by atoms with Gasteiger partial charge in [-0.1, -0.05) is 152 Å². The smallest absolute Gasteiger partial charge is 0.187 e. The lowest BCUT2D eigenvalue weighted by Gasteiger charge is -2.17. The Bertz CT molecular complexity index is 2680. The fourth-order valence-corrected chi connectivity index (χ4v) is 6.72. The van der Waals surface area contributed by atoms with Crippen LogP contribution in [-0.2, 0) is 0 Å². The Morgan fingerprint density at radius 1 is 0.380 bits per heavy atom. The molecule has 2 aromatic heterocycles. The number of rotatable bonds is 5. The molecule has 0 aliphatic heterocycles. The Kier molecular flexibility index (Phi) is 7.11. The van der Waals surface area contributed by atoms with Gasteiger partial charge < -0.3 is 0 Å². The molecule has 5 nitrogen and oxygen atoms in total. The average Bonchev–Trinajstić information content (AvgIpc) is 3.20. The van der Waals surface area contributed by atoms with E-state index < -0.39 is 0 Å². The summed E-state index contributed by atoms with van der Waals surface area (Å²) in [6.45, 7) is 7.51. The molecule has 9 rings (SSSR count). The van der Waals surface area contributed by atoms with Crippen LogP contribution < -0.4 is 0 Å². The van der Waals surface area contributed by atoms with E-state index in [-0.39, 0.29) is 0 Å². The Balaban J connectivity index is 1.33. The summed E-state index contributed by atoms with van der Waals surface area (Å²) in [5.41, 5.74) is 8.21. The zero-order valence-electron chi connectivity index (χ0n) is 26.8. The quantitative estimate of drug-likeness (QED) is 0.139. The first-order valence-electron chi connectivity index (χ1n) is 16.4. The van der Waals surface area contributed by atoms with Crippen molar-refractivity contribution >= 4 is 38.1 Å². The molecule has 0 spiro atoms.